The second-order valence-corrected chi connectivity index (χ2v) is 6.88. The summed E-state index contributed by atoms with van der Waals surface area (Å²) >= 11 is 0. The van der Waals surface area contributed by atoms with E-state index in [0.29, 0.717) is 18.8 Å². The lowest BCUT2D eigenvalue weighted by molar-refractivity contribution is -0.119. The first-order valence-electron chi connectivity index (χ1n) is 9.25. The monoisotopic (exact) mass is 380 g/mol. The normalized spacial score (nSPS) is 10.7. The first-order valence-corrected chi connectivity index (χ1v) is 9.25. The Bertz CT molecular complexity index is 952. The zero-order chi connectivity index (χ0) is 20.1. The second-order valence-electron chi connectivity index (χ2n) is 6.88. The quantitative estimate of drug-likeness (QED) is 0.683. The molecule has 6 heteroatoms. The highest BCUT2D eigenvalue weighted by Crippen LogP contribution is 2.17. The third-order valence-electron chi connectivity index (χ3n) is 4.81. The zero-order valence-electron chi connectivity index (χ0n) is 16.4. The molecule has 0 bridgehead atoms. The van der Waals surface area contributed by atoms with Gasteiger partial charge in [0.15, 0.2) is 0 Å². The van der Waals surface area contributed by atoms with Crippen LogP contribution in [0.25, 0.3) is 0 Å². The number of benzene rings is 2. The Hall–Kier alpha value is -3.15. The molecule has 0 atom stereocenters. The molecular weight excluding hydrogens is 355 g/mol. The second kappa shape index (κ2) is 8.69. The summed E-state index contributed by atoms with van der Waals surface area (Å²) in [4.78, 5) is 13.9. The first-order chi connectivity index (χ1) is 13.5. The molecule has 0 fully saturated rings. The number of hydrogen-bond acceptors (Lipinski definition) is 3. The summed E-state index contributed by atoms with van der Waals surface area (Å²) in [5.41, 5.74) is 4.52. The number of amides is 1. The average molecular weight is 380 g/mol. The van der Waals surface area contributed by atoms with Gasteiger partial charge in [-0.2, -0.15) is 5.10 Å². The Balaban J connectivity index is 1.61. The van der Waals surface area contributed by atoms with E-state index in [-0.39, 0.29) is 18.3 Å². The third-order valence-corrected chi connectivity index (χ3v) is 4.81. The topological polar surface area (TPSA) is 50.2 Å². The van der Waals surface area contributed by atoms with Crippen molar-refractivity contribution in [1.82, 2.24) is 15.1 Å². The molecule has 0 aliphatic carbocycles. The SMILES string of the molecule is Cc1nn(Cc2ccccc2)c(C)c1CNC(=O)CN(C)c1ccccc1F. The van der Waals surface area contributed by atoms with Crippen LogP contribution in [0.5, 0.6) is 0 Å². The average Bonchev–Trinajstić information content (AvgIpc) is 2.94. The predicted molar refractivity (Wildman–Crippen MR) is 109 cm³/mol. The molecule has 146 valence electrons. The highest BCUT2D eigenvalue weighted by molar-refractivity contribution is 5.81. The number of halogens is 1. The van der Waals surface area contributed by atoms with Crippen LogP contribution in [-0.4, -0.2) is 29.3 Å². The number of anilines is 1. The molecule has 1 aromatic heterocycles. The van der Waals surface area contributed by atoms with Crippen LogP contribution in [0.2, 0.25) is 0 Å². The van der Waals surface area contributed by atoms with Crippen LogP contribution >= 0.6 is 0 Å². The van der Waals surface area contributed by atoms with Crippen molar-refractivity contribution >= 4 is 11.6 Å². The Morgan fingerprint density at radius 2 is 1.79 bits per heavy atom. The molecule has 3 rings (SSSR count). The van der Waals surface area contributed by atoms with Crippen LogP contribution in [0.4, 0.5) is 10.1 Å². The molecule has 5 nitrogen and oxygen atoms in total. The Morgan fingerprint density at radius 1 is 1.11 bits per heavy atom. The Kier molecular flexibility index (Phi) is 6.09. The van der Waals surface area contributed by atoms with E-state index < -0.39 is 0 Å². The maximum absolute atomic E-state index is 13.8. The number of para-hydroxylation sites is 1. The fourth-order valence-electron chi connectivity index (χ4n) is 3.20. The van der Waals surface area contributed by atoms with E-state index in [1.165, 1.54) is 11.6 Å². The molecule has 0 aliphatic rings. The van der Waals surface area contributed by atoms with Crippen molar-refractivity contribution < 1.29 is 9.18 Å². The minimum Gasteiger partial charge on any atom is -0.363 e. The van der Waals surface area contributed by atoms with Crippen molar-refractivity contribution in [3.05, 3.63) is 82.9 Å². The first kappa shape index (κ1) is 19.6. The molecule has 28 heavy (non-hydrogen) atoms. The minimum atomic E-state index is -0.341. The van der Waals surface area contributed by atoms with Gasteiger partial charge in [0, 0.05) is 24.8 Å². The van der Waals surface area contributed by atoms with E-state index >= 15 is 0 Å². The van der Waals surface area contributed by atoms with Crippen molar-refractivity contribution in [1.29, 1.82) is 0 Å². The summed E-state index contributed by atoms with van der Waals surface area (Å²) in [5, 5.41) is 7.53. The molecule has 1 amide bonds. The highest BCUT2D eigenvalue weighted by Gasteiger charge is 2.15. The van der Waals surface area contributed by atoms with Gasteiger partial charge in [-0.05, 0) is 31.5 Å². The van der Waals surface area contributed by atoms with Crippen molar-refractivity contribution in [2.75, 3.05) is 18.5 Å². The van der Waals surface area contributed by atoms with E-state index in [9.17, 15) is 9.18 Å². The van der Waals surface area contributed by atoms with Crippen LogP contribution in [-0.2, 0) is 17.9 Å². The lowest BCUT2D eigenvalue weighted by Gasteiger charge is -2.19. The van der Waals surface area contributed by atoms with Crippen LogP contribution in [0.15, 0.2) is 54.6 Å². The molecule has 1 heterocycles. The number of rotatable bonds is 7. The van der Waals surface area contributed by atoms with Crippen LogP contribution in [0.1, 0.15) is 22.5 Å². The lowest BCUT2D eigenvalue weighted by Crippen LogP contribution is -2.35. The summed E-state index contributed by atoms with van der Waals surface area (Å²) in [7, 11) is 1.70. The molecule has 0 saturated carbocycles. The van der Waals surface area contributed by atoms with Gasteiger partial charge in [0.25, 0.3) is 0 Å². The molecule has 0 saturated heterocycles. The summed E-state index contributed by atoms with van der Waals surface area (Å²) in [6, 6.07) is 16.6. The number of carbonyl (C=O) groups is 1. The summed E-state index contributed by atoms with van der Waals surface area (Å²) in [6.07, 6.45) is 0. The van der Waals surface area contributed by atoms with Gasteiger partial charge in [-0.1, -0.05) is 42.5 Å². The van der Waals surface area contributed by atoms with Gasteiger partial charge in [-0.3, -0.25) is 9.48 Å². The van der Waals surface area contributed by atoms with Crippen LogP contribution in [0, 0.1) is 19.7 Å². The van der Waals surface area contributed by atoms with Crippen molar-refractivity contribution in [2.24, 2.45) is 0 Å². The van der Waals surface area contributed by atoms with Crippen molar-refractivity contribution in [2.45, 2.75) is 26.9 Å². The van der Waals surface area contributed by atoms with Gasteiger partial charge in [-0.15, -0.1) is 0 Å². The largest absolute Gasteiger partial charge is 0.363 e. The standard InChI is InChI=1S/C22H25FN4O/c1-16-19(17(2)27(25-16)14-18-9-5-4-6-10-18)13-24-22(28)15-26(3)21-12-8-7-11-20(21)23/h4-12H,13-15H2,1-3H3,(H,24,28). The lowest BCUT2D eigenvalue weighted by atomic mass is 10.2. The molecule has 3 aromatic rings. The molecule has 1 N–H and O–H groups in total. The molecule has 0 radical (unpaired) electrons. The van der Waals surface area contributed by atoms with Gasteiger partial charge >= 0.3 is 0 Å². The summed E-state index contributed by atoms with van der Waals surface area (Å²) < 4.78 is 15.8. The smallest absolute Gasteiger partial charge is 0.239 e. The highest BCUT2D eigenvalue weighted by atomic mass is 19.1. The number of aryl methyl sites for hydroxylation is 1. The van der Waals surface area contributed by atoms with Gasteiger partial charge < -0.3 is 10.2 Å². The van der Waals surface area contributed by atoms with E-state index in [0.717, 1.165) is 17.0 Å². The zero-order valence-corrected chi connectivity index (χ0v) is 16.4. The number of nitrogens with one attached hydrogen (secondary N) is 1. The van der Waals surface area contributed by atoms with Crippen LogP contribution < -0.4 is 10.2 Å². The number of nitrogens with zero attached hydrogens (tertiary/aromatic N) is 3. The van der Waals surface area contributed by atoms with Crippen molar-refractivity contribution in [3.8, 4) is 0 Å². The van der Waals surface area contributed by atoms with Gasteiger partial charge in [0.1, 0.15) is 5.82 Å². The fourth-order valence-corrected chi connectivity index (χ4v) is 3.20. The maximum Gasteiger partial charge on any atom is 0.239 e. The van der Waals surface area contributed by atoms with E-state index in [4.69, 9.17) is 0 Å². The predicted octanol–water partition coefficient (Wildman–Crippen LogP) is 3.44. The molecule has 0 aliphatic heterocycles. The van der Waals surface area contributed by atoms with Crippen molar-refractivity contribution in [3.63, 3.8) is 0 Å². The number of aromatic nitrogens is 2. The molecular formula is C22H25FN4O. The number of hydrogen-bond donors (Lipinski definition) is 1. The fraction of sp³-hybridized carbons (Fsp3) is 0.273. The minimum absolute atomic E-state index is 0.0805. The summed E-state index contributed by atoms with van der Waals surface area (Å²) in [5.74, 6) is -0.507. The van der Waals surface area contributed by atoms with Gasteiger partial charge in [-0.25, -0.2) is 4.39 Å². The number of carbonyl (C=O) groups excluding carboxylic acids is 1. The van der Waals surface area contributed by atoms with Crippen LogP contribution in [0.3, 0.4) is 0 Å². The Morgan fingerprint density at radius 3 is 2.50 bits per heavy atom. The molecule has 2 aromatic carbocycles. The van der Waals surface area contributed by atoms with E-state index in [1.54, 1.807) is 30.1 Å². The molecule has 0 unspecified atom stereocenters. The van der Waals surface area contributed by atoms with Gasteiger partial charge in [0.2, 0.25) is 5.91 Å². The number of likely N-dealkylation sites (N-methyl/N-ethyl adjacent to an activating group) is 1. The summed E-state index contributed by atoms with van der Waals surface area (Å²) in [6.45, 7) is 5.13. The molecule has 0 spiro atoms. The van der Waals surface area contributed by atoms with E-state index in [1.807, 2.05) is 36.7 Å². The van der Waals surface area contributed by atoms with E-state index in [2.05, 4.69) is 22.5 Å². The third kappa shape index (κ3) is 4.57. The van der Waals surface area contributed by atoms with Gasteiger partial charge in [0.05, 0.1) is 24.5 Å². The maximum atomic E-state index is 13.8. The Labute approximate surface area is 164 Å².